The molecule has 112 valence electrons. The summed E-state index contributed by atoms with van der Waals surface area (Å²) in [7, 11) is 0. The van der Waals surface area contributed by atoms with Crippen LogP contribution in [0.5, 0.6) is 5.75 Å². The first-order chi connectivity index (χ1) is 9.69. The molecule has 0 fully saturated rings. The van der Waals surface area contributed by atoms with Gasteiger partial charge < -0.3 is 4.74 Å². The number of fused-ring (bicyclic) bond motifs is 1. The van der Waals surface area contributed by atoms with Crippen LogP contribution in [0.1, 0.15) is 44.7 Å². The SMILES string of the molecule is CCCN(CCC)C1Cc2cc(Br)c(OCC)cc2C1. The molecular formula is C17H26BrNO. The lowest BCUT2D eigenvalue weighted by Gasteiger charge is -2.27. The monoisotopic (exact) mass is 339 g/mol. The highest BCUT2D eigenvalue weighted by atomic mass is 79.9. The molecule has 1 atom stereocenters. The van der Waals surface area contributed by atoms with Crippen molar-refractivity contribution in [3.63, 3.8) is 0 Å². The van der Waals surface area contributed by atoms with Gasteiger partial charge in [-0.3, -0.25) is 4.90 Å². The van der Waals surface area contributed by atoms with E-state index in [0.717, 1.165) is 16.8 Å². The second kappa shape index (κ2) is 7.46. The minimum Gasteiger partial charge on any atom is -0.493 e. The predicted molar refractivity (Wildman–Crippen MR) is 88.7 cm³/mol. The molecule has 2 nitrogen and oxygen atoms in total. The lowest BCUT2D eigenvalue weighted by Crippen LogP contribution is -2.37. The van der Waals surface area contributed by atoms with Crippen molar-refractivity contribution < 1.29 is 4.74 Å². The molecule has 2 rings (SSSR count). The predicted octanol–water partition coefficient (Wildman–Crippen LogP) is 4.44. The van der Waals surface area contributed by atoms with Crippen LogP contribution in [-0.2, 0) is 12.8 Å². The zero-order valence-electron chi connectivity index (χ0n) is 12.9. The van der Waals surface area contributed by atoms with Gasteiger partial charge in [-0.1, -0.05) is 13.8 Å². The van der Waals surface area contributed by atoms with E-state index in [0.29, 0.717) is 6.04 Å². The molecule has 0 aliphatic heterocycles. The fraction of sp³-hybridized carbons (Fsp3) is 0.647. The van der Waals surface area contributed by atoms with E-state index in [2.05, 4.69) is 46.8 Å². The molecule has 1 unspecified atom stereocenters. The van der Waals surface area contributed by atoms with Gasteiger partial charge in [0.2, 0.25) is 0 Å². The zero-order chi connectivity index (χ0) is 14.5. The lowest BCUT2D eigenvalue weighted by atomic mass is 10.1. The summed E-state index contributed by atoms with van der Waals surface area (Å²) in [5.74, 6) is 0.990. The smallest absolute Gasteiger partial charge is 0.133 e. The summed E-state index contributed by atoms with van der Waals surface area (Å²) >= 11 is 3.63. The van der Waals surface area contributed by atoms with Gasteiger partial charge in [-0.2, -0.15) is 0 Å². The van der Waals surface area contributed by atoms with Crippen LogP contribution < -0.4 is 4.74 Å². The largest absolute Gasteiger partial charge is 0.493 e. The quantitative estimate of drug-likeness (QED) is 0.728. The van der Waals surface area contributed by atoms with Crippen molar-refractivity contribution in [3.05, 3.63) is 27.7 Å². The molecule has 0 saturated carbocycles. The molecule has 1 aliphatic rings. The Morgan fingerprint density at radius 2 is 1.70 bits per heavy atom. The molecule has 0 amide bonds. The number of rotatable bonds is 7. The van der Waals surface area contributed by atoms with E-state index >= 15 is 0 Å². The van der Waals surface area contributed by atoms with Crippen molar-refractivity contribution in [1.29, 1.82) is 0 Å². The molecule has 0 spiro atoms. The molecule has 1 aromatic rings. The van der Waals surface area contributed by atoms with E-state index in [4.69, 9.17) is 4.74 Å². The highest BCUT2D eigenvalue weighted by Crippen LogP contribution is 2.34. The number of benzene rings is 1. The van der Waals surface area contributed by atoms with Crippen molar-refractivity contribution in [2.24, 2.45) is 0 Å². The topological polar surface area (TPSA) is 12.5 Å². The van der Waals surface area contributed by atoms with Gasteiger partial charge in [0.1, 0.15) is 5.75 Å². The summed E-state index contributed by atoms with van der Waals surface area (Å²) in [5, 5.41) is 0. The molecule has 0 aromatic heterocycles. The normalized spacial score (nSPS) is 17.6. The Balaban J connectivity index is 2.13. The first-order valence-electron chi connectivity index (χ1n) is 7.87. The second-order valence-corrected chi connectivity index (χ2v) is 6.44. The molecule has 0 saturated heterocycles. The van der Waals surface area contributed by atoms with Crippen LogP contribution in [0.2, 0.25) is 0 Å². The standard InChI is InChI=1S/C17H26BrNO/c1-4-7-19(8-5-2)15-9-13-11-16(18)17(20-6-3)12-14(13)10-15/h11-12,15H,4-10H2,1-3H3. The molecular weight excluding hydrogens is 314 g/mol. The van der Waals surface area contributed by atoms with E-state index in [-0.39, 0.29) is 0 Å². The van der Waals surface area contributed by atoms with Gasteiger partial charge in [-0.15, -0.1) is 0 Å². The Hall–Kier alpha value is -0.540. The molecule has 20 heavy (non-hydrogen) atoms. The molecule has 0 N–H and O–H groups in total. The van der Waals surface area contributed by atoms with E-state index in [9.17, 15) is 0 Å². The summed E-state index contributed by atoms with van der Waals surface area (Å²) in [6.07, 6.45) is 4.82. The third kappa shape index (κ3) is 3.56. The molecule has 1 aliphatic carbocycles. The summed E-state index contributed by atoms with van der Waals surface area (Å²) in [6.45, 7) is 9.73. The van der Waals surface area contributed by atoms with Crippen molar-refractivity contribution in [3.8, 4) is 5.75 Å². The van der Waals surface area contributed by atoms with Crippen LogP contribution >= 0.6 is 15.9 Å². The second-order valence-electron chi connectivity index (χ2n) is 5.58. The average molecular weight is 340 g/mol. The number of nitrogens with zero attached hydrogens (tertiary/aromatic N) is 1. The van der Waals surface area contributed by atoms with Crippen LogP contribution in [0.4, 0.5) is 0 Å². The Labute approximate surface area is 131 Å². The molecule has 1 aromatic carbocycles. The van der Waals surface area contributed by atoms with E-state index in [1.165, 1.54) is 49.9 Å². The molecule has 0 radical (unpaired) electrons. The summed E-state index contributed by atoms with van der Waals surface area (Å²) in [5.41, 5.74) is 2.96. The van der Waals surface area contributed by atoms with Crippen LogP contribution in [0, 0.1) is 0 Å². The Kier molecular flexibility index (Phi) is 5.91. The van der Waals surface area contributed by atoms with Crippen molar-refractivity contribution in [1.82, 2.24) is 4.90 Å². The number of halogens is 1. The Morgan fingerprint density at radius 3 is 2.25 bits per heavy atom. The third-order valence-electron chi connectivity index (χ3n) is 4.00. The average Bonchev–Trinajstić information content (AvgIpc) is 2.82. The first-order valence-corrected chi connectivity index (χ1v) is 8.67. The van der Waals surface area contributed by atoms with E-state index < -0.39 is 0 Å². The molecule has 0 bridgehead atoms. The van der Waals surface area contributed by atoms with Crippen LogP contribution in [0.15, 0.2) is 16.6 Å². The van der Waals surface area contributed by atoms with Crippen molar-refractivity contribution in [2.45, 2.75) is 52.5 Å². The summed E-state index contributed by atoms with van der Waals surface area (Å²) in [6, 6.07) is 5.17. The van der Waals surface area contributed by atoms with E-state index in [1.54, 1.807) is 0 Å². The lowest BCUT2D eigenvalue weighted by molar-refractivity contribution is 0.202. The third-order valence-corrected chi connectivity index (χ3v) is 4.62. The van der Waals surface area contributed by atoms with Gasteiger partial charge in [0, 0.05) is 6.04 Å². The highest BCUT2D eigenvalue weighted by molar-refractivity contribution is 9.10. The minimum absolute atomic E-state index is 0.675. The highest BCUT2D eigenvalue weighted by Gasteiger charge is 2.27. The Morgan fingerprint density at radius 1 is 1.10 bits per heavy atom. The molecule has 0 heterocycles. The fourth-order valence-electron chi connectivity index (χ4n) is 3.17. The van der Waals surface area contributed by atoms with Gasteiger partial charge in [-0.05, 0) is 84.9 Å². The van der Waals surface area contributed by atoms with E-state index in [1.807, 2.05) is 6.92 Å². The minimum atomic E-state index is 0.675. The number of ether oxygens (including phenoxy) is 1. The van der Waals surface area contributed by atoms with Gasteiger partial charge in [0.05, 0.1) is 11.1 Å². The first kappa shape index (κ1) is 15.8. The van der Waals surface area contributed by atoms with Crippen LogP contribution in [0.3, 0.4) is 0 Å². The van der Waals surface area contributed by atoms with Gasteiger partial charge in [0.25, 0.3) is 0 Å². The maximum Gasteiger partial charge on any atom is 0.133 e. The van der Waals surface area contributed by atoms with Gasteiger partial charge >= 0.3 is 0 Å². The zero-order valence-corrected chi connectivity index (χ0v) is 14.5. The maximum absolute atomic E-state index is 5.69. The van der Waals surface area contributed by atoms with Gasteiger partial charge in [-0.25, -0.2) is 0 Å². The Bertz CT molecular complexity index is 441. The summed E-state index contributed by atoms with van der Waals surface area (Å²) < 4.78 is 6.79. The number of hydrogen-bond donors (Lipinski definition) is 0. The fourth-order valence-corrected chi connectivity index (χ4v) is 3.68. The van der Waals surface area contributed by atoms with Crippen LogP contribution in [0.25, 0.3) is 0 Å². The maximum atomic E-state index is 5.69. The van der Waals surface area contributed by atoms with Gasteiger partial charge in [0.15, 0.2) is 0 Å². The molecule has 3 heteroatoms. The number of hydrogen-bond acceptors (Lipinski definition) is 2. The van der Waals surface area contributed by atoms with Crippen LogP contribution in [-0.4, -0.2) is 30.6 Å². The summed E-state index contributed by atoms with van der Waals surface area (Å²) in [4.78, 5) is 2.66. The van der Waals surface area contributed by atoms with Crippen molar-refractivity contribution in [2.75, 3.05) is 19.7 Å². The van der Waals surface area contributed by atoms with Crippen molar-refractivity contribution >= 4 is 15.9 Å².